The van der Waals surface area contributed by atoms with E-state index in [4.69, 9.17) is 23.8 Å². The number of fused-ring (bicyclic) bond motifs is 2. The first-order chi connectivity index (χ1) is 13.5. The number of anilines is 2. The highest BCUT2D eigenvalue weighted by atomic mass is 35.5. The normalized spacial score (nSPS) is 18.4. The summed E-state index contributed by atoms with van der Waals surface area (Å²) >= 11 is 15.0. The lowest BCUT2D eigenvalue weighted by atomic mass is 10.1. The SMILES string of the molecule is C[C@@H]1CCCCN1C(=S)SCC(=O)N1c2ccccc2Sc2ccc(Cl)cc21. The van der Waals surface area contributed by atoms with E-state index in [0.29, 0.717) is 16.8 Å². The predicted octanol–water partition coefficient (Wildman–Crippen LogP) is 6.36. The van der Waals surface area contributed by atoms with E-state index >= 15 is 0 Å². The van der Waals surface area contributed by atoms with Crippen LogP contribution in [-0.4, -0.2) is 33.5 Å². The Kier molecular flexibility index (Phi) is 6.21. The summed E-state index contributed by atoms with van der Waals surface area (Å²) in [6.07, 6.45) is 3.59. The highest BCUT2D eigenvalue weighted by Crippen LogP contribution is 2.48. The number of hydrogen-bond donors (Lipinski definition) is 0. The largest absolute Gasteiger partial charge is 0.355 e. The quantitative estimate of drug-likeness (QED) is 0.497. The van der Waals surface area contributed by atoms with E-state index in [9.17, 15) is 4.79 Å². The molecule has 2 aliphatic rings. The van der Waals surface area contributed by atoms with Crippen molar-refractivity contribution in [2.75, 3.05) is 17.2 Å². The zero-order valence-electron chi connectivity index (χ0n) is 15.6. The molecule has 2 aromatic rings. The molecule has 0 aliphatic carbocycles. The van der Waals surface area contributed by atoms with E-state index in [0.717, 1.165) is 38.5 Å². The molecule has 0 unspecified atom stereocenters. The molecule has 0 bridgehead atoms. The van der Waals surface area contributed by atoms with Gasteiger partial charge in [-0.2, -0.15) is 0 Å². The number of hydrogen-bond acceptors (Lipinski definition) is 4. The van der Waals surface area contributed by atoms with E-state index in [1.54, 1.807) is 16.7 Å². The summed E-state index contributed by atoms with van der Waals surface area (Å²) in [5, 5.41) is 0.627. The topological polar surface area (TPSA) is 23.6 Å². The monoisotopic (exact) mass is 448 g/mol. The van der Waals surface area contributed by atoms with Crippen molar-refractivity contribution in [3.63, 3.8) is 0 Å². The molecule has 3 nitrogen and oxygen atoms in total. The van der Waals surface area contributed by atoms with Gasteiger partial charge in [0, 0.05) is 27.4 Å². The predicted molar refractivity (Wildman–Crippen MR) is 124 cm³/mol. The molecule has 0 radical (unpaired) electrons. The number of benzene rings is 2. The zero-order chi connectivity index (χ0) is 19.7. The molecule has 28 heavy (non-hydrogen) atoms. The number of carbonyl (C=O) groups is 1. The Hall–Kier alpha value is -1.21. The molecule has 1 saturated heterocycles. The van der Waals surface area contributed by atoms with Gasteiger partial charge in [0.15, 0.2) is 0 Å². The molecule has 0 aromatic heterocycles. The summed E-state index contributed by atoms with van der Waals surface area (Å²) in [5.41, 5.74) is 1.75. The van der Waals surface area contributed by atoms with E-state index < -0.39 is 0 Å². The van der Waals surface area contributed by atoms with Crippen molar-refractivity contribution >= 4 is 68.9 Å². The number of carbonyl (C=O) groups excluding carboxylic acids is 1. The number of amides is 1. The smallest absolute Gasteiger partial charge is 0.242 e. The Morgan fingerprint density at radius 3 is 2.82 bits per heavy atom. The summed E-state index contributed by atoms with van der Waals surface area (Å²) in [5.74, 6) is 0.334. The lowest BCUT2D eigenvalue weighted by Crippen LogP contribution is -2.40. The third-order valence-corrected chi connectivity index (χ3v) is 7.92. The number of para-hydroxylation sites is 1. The van der Waals surface area contributed by atoms with Crippen molar-refractivity contribution in [3.8, 4) is 0 Å². The van der Waals surface area contributed by atoms with Gasteiger partial charge >= 0.3 is 0 Å². The van der Waals surface area contributed by atoms with Crippen LogP contribution in [0.15, 0.2) is 52.3 Å². The lowest BCUT2D eigenvalue weighted by molar-refractivity contribution is -0.115. The zero-order valence-corrected chi connectivity index (χ0v) is 18.8. The molecule has 1 amide bonds. The van der Waals surface area contributed by atoms with Crippen molar-refractivity contribution in [1.29, 1.82) is 0 Å². The number of halogens is 1. The molecule has 146 valence electrons. The number of likely N-dealkylation sites (tertiary alicyclic amines) is 1. The highest BCUT2D eigenvalue weighted by Gasteiger charge is 2.29. The minimum absolute atomic E-state index is 0.0216. The number of nitrogens with zero attached hydrogens (tertiary/aromatic N) is 2. The van der Waals surface area contributed by atoms with Gasteiger partial charge in [-0.1, -0.05) is 59.5 Å². The maximum Gasteiger partial charge on any atom is 0.242 e. The lowest BCUT2D eigenvalue weighted by Gasteiger charge is -2.35. The molecule has 0 spiro atoms. The fourth-order valence-corrected chi connectivity index (χ4v) is 6.10. The van der Waals surface area contributed by atoms with Crippen LogP contribution in [0.1, 0.15) is 26.2 Å². The van der Waals surface area contributed by atoms with Gasteiger partial charge in [-0.25, -0.2) is 0 Å². The molecule has 0 N–H and O–H groups in total. The minimum atomic E-state index is 0.0216. The van der Waals surface area contributed by atoms with Crippen molar-refractivity contribution in [3.05, 3.63) is 47.5 Å². The van der Waals surface area contributed by atoms with Crippen molar-refractivity contribution in [2.24, 2.45) is 0 Å². The van der Waals surface area contributed by atoms with Gasteiger partial charge in [0.05, 0.1) is 17.1 Å². The molecular formula is C21H21ClN2OS3. The fraction of sp³-hybridized carbons (Fsp3) is 0.333. The van der Waals surface area contributed by atoms with Crippen molar-refractivity contribution in [1.82, 2.24) is 4.90 Å². The van der Waals surface area contributed by atoms with Crippen molar-refractivity contribution in [2.45, 2.75) is 42.0 Å². The maximum absolute atomic E-state index is 13.3. The van der Waals surface area contributed by atoms with Gasteiger partial charge in [-0.15, -0.1) is 0 Å². The van der Waals surface area contributed by atoms with Gasteiger partial charge in [0.25, 0.3) is 0 Å². The Labute approximate surface area is 184 Å². The Balaban J connectivity index is 1.55. The summed E-state index contributed by atoms with van der Waals surface area (Å²) in [7, 11) is 0. The molecule has 2 aliphatic heterocycles. The number of thioether (sulfide) groups is 1. The van der Waals surface area contributed by atoms with Crippen LogP contribution >= 0.6 is 47.3 Å². The van der Waals surface area contributed by atoms with Crippen LogP contribution in [0.5, 0.6) is 0 Å². The second-order valence-corrected chi connectivity index (χ2v) is 10.1. The summed E-state index contributed by atoms with van der Waals surface area (Å²) in [4.78, 5) is 19.4. The summed E-state index contributed by atoms with van der Waals surface area (Å²) in [6, 6.07) is 14.2. The van der Waals surface area contributed by atoms with Crippen LogP contribution < -0.4 is 4.90 Å². The fourth-order valence-electron chi connectivity index (χ4n) is 3.64. The number of thiocarbonyl (C=S) groups is 1. The molecule has 0 saturated carbocycles. The average Bonchev–Trinajstić information content (AvgIpc) is 2.70. The molecule has 2 heterocycles. The Morgan fingerprint density at radius 1 is 1.21 bits per heavy atom. The van der Waals surface area contributed by atoms with E-state index in [1.165, 1.54) is 24.6 Å². The third-order valence-electron chi connectivity index (χ3n) is 5.09. The standard InChI is InChI=1S/C21H21ClN2OS3/c1-14-6-4-5-11-23(14)21(26)27-13-20(25)24-16-7-2-3-8-18(16)28-19-10-9-15(22)12-17(19)24/h2-3,7-10,12,14H,4-6,11,13H2,1H3/t14-/m1/s1. The Morgan fingerprint density at radius 2 is 2.00 bits per heavy atom. The minimum Gasteiger partial charge on any atom is -0.355 e. The average molecular weight is 449 g/mol. The van der Waals surface area contributed by atoms with E-state index in [1.807, 2.05) is 42.5 Å². The number of rotatable bonds is 2. The van der Waals surface area contributed by atoms with Crippen LogP contribution in [0.25, 0.3) is 0 Å². The molecule has 7 heteroatoms. The molecule has 4 rings (SSSR count). The first kappa shape index (κ1) is 20.1. The van der Waals surface area contributed by atoms with Gasteiger partial charge in [-0.05, 0) is 56.5 Å². The number of piperidine rings is 1. The first-order valence-corrected chi connectivity index (χ1v) is 12.0. The van der Waals surface area contributed by atoms with Gasteiger partial charge in [0.2, 0.25) is 5.91 Å². The van der Waals surface area contributed by atoms with E-state index in [-0.39, 0.29) is 5.91 Å². The first-order valence-electron chi connectivity index (χ1n) is 9.37. The van der Waals surface area contributed by atoms with Crippen molar-refractivity contribution < 1.29 is 4.79 Å². The van der Waals surface area contributed by atoms with Gasteiger partial charge in [0.1, 0.15) is 4.32 Å². The van der Waals surface area contributed by atoms with Crippen LogP contribution in [0.4, 0.5) is 11.4 Å². The molecule has 1 fully saturated rings. The molecular weight excluding hydrogens is 428 g/mol. The van der Waals surface area contributed by atoms with E-state index in [2.05, 4.69) is 11.8 Å². The molecule has 2 aromatic carbocycles. The van der Waals surface area contributed by atoms with Gasteiger partial charge in [-0.3, -0.25) is 9.69 Å². The van der Waals surface area contributed by atoms with Gasteiger partial charge < -0.3 is 4.90 Å². The summed E-state index contributed by atoms with van der Waals surface area (Å²) in [6.45, 7) is 3.20. The highest BCUT2D eigenvalue weighted by molar-refractivity contribution is 8.23. The van der Waals surface area contributed by atoms with Crippen LogP contribution in [-0.2, 0) is 4.79 Å². The second kappa shape index (κ2) is 8.66. The Bertz CT molecular complexity index is 920. The van der Waals surface area contributed by atoms with Crippen LogP contribution in [0.2, 0.25) is 5.02 Å². The van der Waals surface area contributed by atoms with Crippen LogP contribution in [0.3, 0.4) is 0 Å². The molecule has 1 atom stereocenters. The third kappa shape index (κ3) is 4.06. The second-order valence-electron chi connectivity index (χ2n) is 7.00. The van der Waals surface area contributed by atoms with Crippen LogP contribution in [0, 0.1) is 0 Å². The summed E-state index contributed by atoms with van der Waals surface area (Å²) < 4.78 is 0.825. The maximum atomic E-state index is 13.3.